The summed E-state index contributed by atoms with van der Waals surface area (Å²) in [6.45, 7) is 3.18. The number of hydrogen-bond donors (Lipinski definition) is 1. The maximum atomic E-state index is 13.0. The molecule has 0 fully saturated rings. The van der Waals surface area contributed by atoms with Gasteiger partial charge in [-0.2, -0.15) is 4.39 Å². The van der Waals surface area contributed by atoms with Crippen molar-refractivity contribution in [3.05, 3.63) is 46.8 Å². The monoisotopic (exact) mass is 210 g/mol. The minimum Gasteiger partial charge on any atom is -0.317 e. The number of rotatable bonds is 3. The van der Waals surface area contributed by atoms with Crippen LogP contribution in [0.1, 0.15) is 0 Å². The second-order valence-electron chi connectivity index (χ2n) is 2.59. The van der Waals surface area contributed by atoms with Crippen LogP contribution in [-0.2, 0) is 4.79 Å². The molecule has 0 atom stereocenters. The fourth-order valence-corrected chi connectivity index (χ4v) is 0.986. The van der Waals surface area contributed by atoms with Gasteiger partial charge >= 0.3 is 5.69 Å². The van der Waals surface area contributed by atoms with Crippen LogP contribution in [-0.4, -0.2) is 10.8 Å². The summed E-state index contributed by atoms with van der Waals surface area (Å²) in [6, 6.07) is 3.45. The molecule has 5 nitrogen and oxygen atoms in total. The smallest absolute Gasteiger partial charge is 0.317 e. The molecule has 1 N–H and O–H groups in total. The molecule has 0 radical (unpaired) electrons. The highest BCUT2D eigenvalue weighted by Gasteiger charge is 2.20. The van der Waals surface area contributed by atoms with E-state index in [1.165, 1.54) is 12.1 Å². The maximum absolute atomic E-state index is 13.0. The number of hydrogen-bond acceptors (Lipinski definition) is 3. The molecule has 6 heteroatoms. The Hall–Kier alpha value is -2.24. The Balaban J connectivity index is 3.17. The van der Waals surface area contributed by atoms with Gasteiger partial charge in [0, 0.05) is 0 Å². The highest BCUT2D eigenvalue weighted by Crippen LogP contribution is 2.26. The lowest BCUT2D eigenvalue weighted by atomic mass is 10.2. The van der Waals surface area contributed by atoms with Crippen LogP contribution in [0.4, 0.5) is 15.8 Å². The summed E-state index contributed by atoms with van der Waals surface area (Å²) in [5, 5.41) is 12.6. The molecule has 0 saturated heterocycles. The van der Waals surface area contributed by atoms with Crippen molar-refractivity contribution in [1.82, 2.24) is 0 Å². The van der Waals surface area contributed by atoms with E-state index in [2.05, 4.69) is 11.9 Å². The fourth-order valence-electron chi connectivity index (χ4n) is 0.986. The SMILES string of the molecule is C=CC(=O)Nc1cccc(F)c1[N+](=O)[O-]. The molecule has 0 aliphatic heterocycles. The van der Waals surface area contributed by atoms with E-state index in [1.54, 1.807) is 0 Å². The van der Waals surface area contributed by atoms with Gasteiger partial charge in [0.2, 0.25) is 11.7 Å². The number of nitrogens with zero attached hydrogens (tertiary/aromatic N) is 1. The molecule has 15 heavy (non-hydrogen) atoms. The number of nitrogens with one attached hydrogen (secondary N) is 1. The number of halogens is 1. The van der Waals surface area contributed by atoms with E-state index in [0.717, 1.165) is 12.1 Å². The van der Waals surface area contributed by atoms with Crippen LogP contribution in [0.2, 0.25) is 0 Å². The number of nitro benzene ring substituents is 1. The molecular formula is C9H7FN2O3. The lowest BCUT2D eigenvalue weighted by molar-refractivity contribution is -0.386. The first-order valence-electron chi connectivity index (χ1n) is 3.92. The molecule has 78 valence electrons. The molecule has 0 heterocycles. The molecule has 0 spiro atoms. The lowest BCUT2D eigenvalue weighted by Gasteiger charge is -2.03. The van der Waals surface area contributed by atoms with Crippen LogP contribution in [0.15, 0.2) is 30.9 Å². The number of nitro groups is 1. The van der Waals surface area contributed by atoms with Crippen molar-refractivity contribution in [3.8, 4) is 0 Å². The Morgan fingerprint density at radius 2 is 2.27 bits per heavy atom. The highest BCUT2D eigenvalue weighted by molar-refractivity contribution is 6.00. The fraction of sp³-hybridized carbons (Fsp3) is 0. The summed E-state index contributed by atoms with van der Waals surface area (Å²) in [5.74, 6) is -1.63. The van der Waals surface area contributed by atoms with Crippen molar-refractivity contribution in [2.75, 3.05) is 5.32 Å². The minimum atomic E-state index is -0.998. The van der Waals surface area contributed by atoms with Gasteiger partial charge in [-0.15, -0.1) is 0 Å². The molecule has 0 bridgehead atoms. The maximum Gasteiger partial charge on any atom is 0.328 e. The minimum absolute atomic E-state index is 0.190. The first kappa shape index (κ1) is 10.8. The van der Waals surface area contributed by atoms with Crippen molar-refractivity contribution in [1.29, 1.82) is 0 Å². The third kappa shape index (κ3) is 2.37. The predicted molar refractivity (Wildman–Crippen MR) is 51.9 cm³/mol. The van der Waals surface area contributed by atoms with Crippen LogP contribution in [0.25, 0.3) is 0 Å². The third-order valence-corrected chi connectivity index (χ3v) is 1.61. The molecule has 0 aromatic heterocycles. The second kappa shape index (κ2) is 4.32. The summed E-state index contributed by atoms with van der Waals surface area (Å²) in [6.07, 6.45) is 0.939. The van der Waals surface area contributed by atoms with Gasteiger partial charge in [0.1, 0.15) is 5.69 Å². The van der Waals surface area contributed by atoms with Gasteiger partial charge < -0.3 is 5.32 Å². The first-order chi connectivity index (χ1) is 7.06. The molecular weight excluding hydrogens is 203 g/mol. The van der Waals surface area contributed by atoms with Crippen molar-refractivity contribution in [2.45, 2.75) is 0 Å². The Bertz CT molecular complexity index is 431. The Labute approximate surface area is 84.4 Å². The largest absolute Gasteiger partial charge is 0.328 e. The molecule has 0 unspecified atom stereocenters. The second-order valence-corrected chi connectivity index (χ2v) is 2.59. The van der Waals surface area contributed by atoms with Gasteiger partial charge in [-0.1, -0.05) is 12.6 Å². The van der Waals surface area contributed by atoms with E-state index in [1.807, 2.05) is 0 Å². The molecule has 0 aliphatic carbocycles. The third-order valence-electron chi connectivity index (χ3n) is 1.61. The van der Waals surface area contributed by atoms with E-state index < -0.39 is 22.3 Å². The van der Waals surface area contributed by atoms with Crippen molar-refractivity contribution >= 4 is 17.3 Å². The van der Waals surface area contributed by atoms with Crippen molar-refractivity contribution < 1.29 is 14.1 Å². The van der Waals surface area contributed by atoms with Gasteiger partial charge in [-0.25, -0.2) is 0 Å². The van der Waals surface area contributed by atoms with Crippen LogP contribution in [0.3, 0.4) is 0 Å². The summed E-state index contributed by atoms with van der Waals surface area (Å²) in [4.78, 5) is 20.5. The standard InChI is InChI=1S/C9H7FN2O3/c1-2-8(13)11-7-5-3-4-6(10)9(7)12(14)15/h2-5H,1H2,(H,11,13). The first-order valence-corrected chi connectivity index (χ1v) is 3.92. The molecule has 0 aliphatic rings. The normalized spacial score (nSPS) is 9.40. The van der Waals surface area contributed by atoms with E-state index in [4.69, 9.17) is 0 Å². The summed E-state index contributed by atoms with van der Waals surface area (Å²) >= 11 is 0. The number of carbonyl (C=O) groups excluding carboxylic acids is 1. The summed E-state index contributed by atoms with van der Waals surface area (Å²) < 4.78 is 13.0. The van der Waals surface area contributed by atoms with Gasteiger partial charge in [0.15, 0.2) is 0 Å². The van der Waals surface area contributed by atoms with E-state index in [-0.39, 0.29) is 5.69 Å². The highest BCUT2D eigenvalue weighted by atomic mass is 19.1. The van der Waals surface area contributed by atoms with E-state index >= 15 is 0 Å². The Morgan fingerprint density at radius 3 is 2.80 bits per heavy atom. The van der Waals surface area contributed by atoms with Gasteiger partial charge in [0.05, 0.1) is 4.92 Å². The molecule has 1 aromatic carbocycles. The predicted octanol–water partition coefficient (Wildman–Crippen LogP) is 1.86. The number of para-hydroxylation sites is 1. The van der Waals surface area contributed by atoms with Crippen LogP contribution in [0, 0.1) is 15.9 Å². The molecule has 1 aromatic rings. The number of amides is 1. The van der Waals surface area contributed by atoms with Gasteiger partial charge in [-0.3, -0.25) is 14.9 Å². The molecule has 1 rings (SSSR count). The average Bonchev–Trinajstić information content (AvgIpc) is 2.17. The number of carbonyl (C=O) groups is 1. The molecule has 1 amide bonds. The summed E-state index contributed by atoms with van der Waals surface area (Å²) in [7, 11) is 0. The zero-order valence-corrected chi connectivity index (χ0v) is 7.57. The zero-order chi connectivity index (χ0) is 11.4. The quantitative estimate of drug-likeness (QED) is 0.470. The number of benzene rings is 1. The average molecular weight is 210 g/mol. The molecule has 0 saturated carbocycles. The van der Waals surface area contributed by atoms with E-state index in [9.17, 15) is 19.3 Å². The number of anilines is 1. The van der Waals surface area contributed by atoms with Crippen molar-refractivity contribution in [3.63, 3.8) is 0 Å². The Morgan fingerprint density at radius 1 is 1.60 bits per heavy atom. The van der Waals surface area contributed by atoms with E-state index in [0.29, 0.717) is 0 Å². The Kier molecular flexibility index (Phi) is 3.12. The van der Waals surface area contributed by atoms with Crippen LogP contribution >= 0.6 is 0 Å². The van der Waals surface area contributed by atoms with Gasteiger partial charge in [0.25, 0.3) is 0 Å². The zero-order valence-electron chi connectivity index (χ0n) is 7.57. The van der Waals surface area contributed by atoms with Crippen LogP contribution in [0.5, 0.6) is 0 Å². The van der Waals surface area contributed by atoms with Crippen LogP contribution < -0.4 is 5.32 Å². The summed E-state index contributed by atoms with van der Waals surface area (Å²) in [5.41, 5.74) is -0.947. The lowest BCUT2D eigenvalue weighted by Crippen LogP contribution is -2.09. The van der Waals surface area contributed by atoms with Gasteiger partial charge in [-0.05, 0) is 18.2 Å². The van der Waals surface area contributed by atoms with Crippen molar-refractivity contribution in [2.24, 2.45) is 0 Å². The topological polar surface area (TPSA) is 72.2 Å².